The van der Waals surface area contributed by atoms with E-state index in [9.17, 15) is 43.5 Å². The van der Waals surface area contributed by atoms with Crippen molar-refractivity contribution in [3.8, 4) is 0 Å². The van der Waals surface area contributed by atoms with Gasteiger partial charge in [0, 0.05) is 13.0 Å². The van der Waals surface area contributed by atoms with Gasteiger partial charge in [0.15, 0.2) is 0 Å². The van der Waals surface area contributed by atoms with Crippen molar-refractivity contribution in [3.63, 3.8) is 0 Å². The van der Waals surface area contributed by atoms with Gasteiger partial charge >= 0.3 is 0 Å². The molecule has 3 rings (SSSR count). The first-order chi connectivity index (χ1) is 25.1. The first kappa shape index (κ1) is 42.4. The highest BCUT2D eigenvalue weighted by Gasteiger charge is 2.41. The number of fused-ring (bicyclic) bond motifs is 1. The largest absolute Gasteiger partial charge is 0.394 e. The fourth-order valence-corrected chi connectivity index (χ4v) is 6.27. The third-order valence-corrected chi connectivity index (χ3v) is 9.48. The molecule has 2 fully saturated rings. The van der Waals surface area contributed by atoms with Gasteiger partial charge in [0.25, 0.3) is 0 Å². The van der Waals surface area contributed by atoms with Gasteiger partial charge in [-0.1, -0.05) is 64.4 Å². The van der Waals surface area contributed by atoms with Crippen molar-refractivity contribution in [3.05, 3.63) is 35.9 Å². The standard InChI is InChI=1S/C36H54N8O9/c1-6-20(4)29-36(53)44-14-10-13-27(44)35(52)41-24(16-22-11-8-7-9-12-22)32(49)40-25(17-28(37)46)33(50)42-26(18-45)34(51)39-23(15-19(2)3)31(48)38-21(5)30(47)43-29/h7-9,11-12,19-21,23-27,29,45H,6,10,13-18H2,1-5H3,(H2,37,46)(H,38,48)(H,39,51)(H,40,49)(H,41,52)(H,42,50)(H,43,47)/t20?,21?,23?,24?,25?,26-,27?,29?/m0/s1. The normalized spacial score (nSPS) is 27.6. The number of rotatable bonds is 9. The minimum absolute atomic E-state index is 0.0344. The predicted molar refractivity (Wildman–Crippen MR) is 192 cm³/mol. The second kappa shape index (κ2) is 19.7. The van der Waals surface area contributed by atoms with Gasteiger partial charge in [0.05, 0.1) is 13.0 Å². The van der Waals surface area contributed by atoms with Gasteiger partial charge in [-0.3, -0.25) is 38.4 Å². The van der Waals surface area contributed by atoms with Crippen LogP contribution in [0, 0.1) is 11.8 Å². The summed E-state index contributed by atoms with van der Waals surface area (Å²) in [5.74, 6) is -6.85. The summed E-state index contributed by atoms with van der Waals surface area (Å²) in [5, 5.41) is 25.4. The third kappa shape index (κ3) is 12.0. The van der Waals surface area contributed by atoms with E-state index in [1.54, 1.807) is 51.1 Å². The summed E-state index contributed by atoms with van der Waals surface area (Å²) >= 11 is 0. The van der Waals surface area contributed by atoms with Crippen LogP contribution in [0.5, 0.6) is 0 Å². The van der Waals surface area contributed by atoms with E-state index >= 15 is 0 Å². The Bertz CT molecular complexity index is 1510. The van der Waals surface area contributed by atoms with Crippen LogP contribution in [0.25, 0.3) is 0 Å². The van der Waals surface area contributed by atoms with E-state index in [1.165, 1.54) is 11.8 Å². The zero-order valence-corrected chi connectivity index (χ0v) is 31.0. The van der Waals surface area contributed by atoms with E-state index in [0.717, 1.165) is 0 Å². The van der Waals surface area contributed by atoms with E-state index in [2.05, 4.69) is 31.9 Å². The summed E-state index contributed by atoms with van der Waals surface area (Å²) in [7, 11) is 0. The molecule has 17 nitrogen and oxygen atoms in total. The average Bonchev–Trinajstić information content (AvgIpc) is 3.61. The maximum absolute atomic E-state index is 14.1. The van der Waals surface area contributed by atoms with Gasteiger partial charge in [-0.05, 0) is 43.6 Å². The zero-order chi connectivity index (χ0) is 39.4. The number of hydrogen-bond acceptors (Lipinski definition) is 9. The van der Waals surface area contributed by atoms with E-state index in [1.807, 2.05) is 6.92 Å². The number of nitrogens with one attached hydrogen (secondary N) is 6. The SMILES string of the molecule is CCC(C)C1NC(=O)C(C)NC(=O)C(CC(C)C)NC(=O)[C@H](CO)NC(=O)C(CC(N)=O)NC(=O)C(Cc2ccccc2)NC(=O)C2CCCN2C1=O. The van der Waals surface area contributed by atoms with Crippen molar-refractivity contribution < 1.29 is 43.5 Å². The number of hydrogen-bond donors (Lipinski definition) is 8. The van der Waals surface area contributed by atoms with Crippen LogP contribution in [0.3, 0.4) is 0 Å². The number of carbonyl (C=O) groups is 8. The lowest BCUT2D eigenvalue weighted by Gasteiger charge is -2.32. The monoisotopic (exact) mass is 742 g/mol. The molecule has 0 aromatic heterocycles. The number of benzene rings is 1. The summed E-state index contributed by atoms with van der Waals surface area (Å²) < 4.78 is 0. The molecule has 9 N–H and O–H groups in total. The van der Waals surface area contributed by atoms with Crippen LogP contribution in [-0.4, -0.2) is 113 Å². The molecule has 2 aliphatic heterocycles. The lowest BCUT2D eigenvalue weighted by Crippen LogP contribution is -2.60. The minimum atomic E-state index is -1.63. The first-order valence-corrected chi connectivity index (χ1v) is 18.1. The molecule has 0 saturated carbocycles. The van der Waals surface area contributed by atoms with Gasteiger partial charge in [0.2, 0.25) is 47.3 Å². The second-order valence-corrected chi connectivity index (χ2v) is 14.2. The molecule has 53 heavy (non-hydrogen) atoms. The summed E-state index contributed by atoms with van der Waals surface area (Å²) in [6.45, 7) is 7.95. The van der Waals surface area contributed by atoms with Gasteiger partial charge in [-0.2, -0.15) is 0 Å². The van der Waals surface area contributed by atoms with Crippen molar-refractivity contribution in [1.29, 1.82) is 0 Å². The van der Waals surface area contributed by atoms with E-state index in [0.29, 0.717) is 18.4 Å². The van der Waals surface area contributed by atoms with Gasteiger partial charge < -0.3 is 47.6 Å². The Hall–Kier alpha value is -5.06. The molecule has 2 heterocycles. The Kier molecular flexibility index (Phi) is 15.7. The predicted octanol–water partition coefficient (Wildman–Crippen LogP) is -1.88. The van der Waals surface area contributed by atoms with Crippen LogP contribution in [0.2, 0.25) is 0 Å². The highest BCUT2D eigenvalue weighted by Crippen LogP contribution is 2.22. The first-order valence-electron chi connectivity index (χ1n) is 18.1. The molecule has 1 aromatic rings. The summed E-state index contributed by atoms with van der Waals surface area (Å²) in [5.41, 5.74) is 6.06. The Morgan fingerprint density at radius 3 is 1.96 bits per heavy atom. The maximum Gasteiger partial charge on any atom is 0.246 e. The molecule has 0 spiro atoms. The summed E-state index contributed by atoms with van der Waals surface area (Å²) in [4.78, 5) is 109. The van der Waals surface area contributed by atoms with Crippen LogP contribution < -0.4 is 37.6 Å². The van der Waals surface area contributed by atoms with E-state index in [4.69, 9.17) is 5.73 Å². The third-order valence-electron chi connectivity index (χ3n) is 9.48. The fraction of sp³-hybridized carbons (Fsp3) is 0.611. The van der Waals surface area contributed by atoms with Crippen molar-refractivity contribution in [1.82, 2.24) is 36.8 Å². The Labute approximate surface area is 309 Å². The summed E-state index contributed by atoms with van der Waals surface area (Å²) in [6.07, 6.45) is 0.638. The maximum atomic E-state index is 14.1. The smallest absolute Gasteiger partial charge is 0.246 e. The Balaban J connectivity index is 2.08. The second-order valence-electron chi connectivity index (χ2n) is 14.2. The number of aliphatic hydroxyl groups is 1. The van der Waals surface area contributed by atoms with Gasteiger partial charge in [-0.25, -0.2) is 0 Å². The van der Waals surface area contributed by atoms with Gasteiger partial charge in [0.1, 0.15) is 42.3 Å². The number of aliphatic hydroxyl groups excluding tert-OH is 1. The number of carbonyl (C=O) groups excluding carboxylic acids is 8. The van der Waals surface area contributed by atoms with Crippen molar-refractivity contribution in [2.24, 2.45) is 17.6 Å². The number of amides is 8. The quantitative estimate of drug-likeness (QED) is 0.141. The Morgan fingerprint density at radius 2 is 1.36 bits per heavy atom. The van der Waals surface area contributed by atoms with Crippen molar-refractivity contribution >= 4 is 47.3 Å². The van der Waals surface area contributed by atoms with Crippen LogP contribution in [0.4, 0.5) is 0 Å². The lowest BCUT2D eigenvalue weighted by atomic mass is 9.96. The molecule has 17 heteroatoms. The molecular formula is C36H54N8O9. The van der Waals surface area contributed by atoms with Crippen molar-refractivity contribution in [2.45, 2.75) is 115 Å². The molecule has 2 saturated heterocycles. The zero-order valence-electron chi connectivity index (χ0n) is 31.0. The van der Waals surface area contributed by atoms with E-state index < -0.39 is 103 Å². The molecule has 7 unspecified atom stereocenters. The average molecular weight is 743 g/mol. The molecule has 0 aliphatic carbocycles. The highest BCUT2D eigenvalue weighted by atomic mass is 16.3. The number of primary amides is 1. The molecule has 1 aromatic carbocycles. The van der Waals surface area contributed by atoms with Gasteiger partial charge in [-0.15, -0.1) is 0 Å². The lowest BCUT2D eigenvalue weighted by molar-refractivity contribution is -0.143. The highest BCUT2D eigenvalue weighted by molar-refractivity contribution is 5.99. The van der Waals surface area contributed by atoms with Crippen molar-refractivity contribution in [2.75, 3.05) is 13.2 Å². The van der Waals surface area contributed by atoms with Crippen LogP contribution >= 0.6 is 0 Å². The molecule has 0 radical (unpaired) electrons. The number of nitrogens with two attached hydrogens (primary N) is 1. The minimum Gasteiger partial charge on any atom is -0.394 e. The topological polar surface area (TPSA) is 258 Å². The summed E-state index contributed by atoms with van der Waals surface area (Å²) in [6, 6.07) is -0.237. The molecule has 8 amide bonds. The Morgan fingerprint density at radius 1 is 0.792 bits per heavy atom. The number of nitrogens with zero attached hydrogens (tertiary/aromatic N) is 1. The molecule has 2 aliphatic rings. The van der Waals surface area contributed by atoms with E-state index in [-0.39, 0.29) is 37.6 Å². The van der Waals surface area contributed by atoms with Crippen LogP contribution in [0.1, 0.15) is 72.3 Å². The van der Waals surface area contributed by atoms with Crippen LogP contribution in [0.15, 0.2) is 30.3 Å². The van der Waals surface area contributed by atoms with Crippen LogP contribution in [-0.2, 0) is 44.8 Å². The molecule has 0 bridgehead atoms. The molecule has 292 valence electrons. The molecular weight excluding hydrogens is 688 g/mol. The molecule has 8 atom stereocenters. The fourth-order valence-electron chi connectivity index (χ4n) is 6.27.